The Morgan fingerprint density at radius 1 is 1.36 bits per heavy atom. The van der Waals surface area contributed by atoms with E-state index in [1.165, 1.54) is 18.3 Å². The van der Waals surface area contributed by atoms with E-state index < -0.39 is 5.97 Å². The number of hydrogen-bond acceptors (Lipinski definition) is 3. The zero-order chi connectivity index (χ0) is 10.4. The van der Waals surface area contributed by atoms with Crippen molar-refractivity contribution < 1.29 is 14.7 Å². The van der Waals surface area contributed by atoms with Crippen LogP contribution in [0.3, 0.4) is 0 Å². The van der Waals surface area contributed by atoms with Crippen LogP contribution in [0.25, 0.3) is 0 Å². The highest BCUT2D eigenvalue weighted by Gasteiger charge is 1.99. The fourth-order valence-electron chi connectivity index (χ4n) is 0.891. The second-order valence-electron chi connectivity index (χ2n) is 2.57. The lowest BCUT2D eigenvalue weighted by Crippen LogP contribution is -1.94. The lowest BCUT2D eigenvalue weighted by atomic mass is 10.2. The molecule has 0 bridgehead atoms. The summed E-state index contributed by atoms with van der Waals surface area (Å²) in [6, 6.07) is 6.11. The molecule has 1 aromatic rings. The standard InChI is InChI=1S/C10H9NO3/c12-7-1-6-11-9-4-2-8(3-5-9)10(13)14/h2-7H,1H2,(H,13,14). The Morgan fingerprint density at radius 2 is 2.00 bits per heavy atom. The average molecular weight is 191 g/mol. The normalized spacial score (nSPS) is 10.3. The molecule has 0 saturated carbocycles. The molecule has 1 aromatic carbocycles. The predicted octanol–water partition coefficient (Wildman–Crippen LogP) is 1.68. The Labute approximate surface area is 80.9 Å². The first-order chi connectivity index (χ1) is 6.74. The van der Waals surface area contributed by atoms with Crippen LogP contribution < -0.4 is 0 Å². The van der Waals surface area contributed by atoms with E-state index in [0.717, 1.165) is 6.29 Å². The monoisotopic (exact) mass is 191 g/mol. The Bertz CT molecular complexity index is 354. The van der Waals surface area contributed by atoms with Crippen molar-refractivity contribution in [3.05, 3.63) is 29.8 Å². The smallest absolute Gasteiger partial charge is 0.335 e. The molecule has 0 fully saturated rings. The van der Waals surface area contributed by atoms with Crippen molar-refractivity contribution in [1.29, 1.82) is 0 Å². The number of aliphatic imine (C=N–C) groups is 1. The van der Waals surface area contributed by atoms with E-state index in [1.54, 1.807) is 12.1 Å². The Balaban J connectivity index is 2.73. The molecule has 0 radical (unpaired) electrons. The van der Waals surface area contributed by atoms with Gasteiger partial charge in [0.05, 0.1) is 11.3 Å². The number of carbonyl (C=O) groups excluding carboxylic acids is 1. The van der Waals surface area contributed by atoms with Gasteiger partial charge in [-0.25, -0.2) is 4.79 Å². The second kappa shape index (κ2) is 4.91. The Kier molecular flexibility index (Phi) is 3.55. The van der Waals surface area contributed by atoms with Gasteiger partial charge < -0.3 is 9.90 Å². The molecule has 0 heterocycles. The molecule has 0 aliphatic heterocycles. The largest absolute Gasteiger partial charge is 0.478 e. The molecule has 1 N–H and O–H groups in total. The van der Waals surface area contributed by atoms with Crippen LogP contribution in [-0.4, -0.2) is 23.6 Å². The summed E-state index contributed by atoms with van der Waals surface area (Å²) in [4.78, 5) is 24.4. The average Bonchev–Trinajstić information content (AvgIpc) is 2.19. The number of rotatable bonds is 4. The minimum atomic E-state index is -0.964. The van der Waals surface area contributed by atoms with Gasteiger partial charge in [-0.05, 0) is 24.3 Å². The third kappa shape index (κ3) is 2.82. The molecule has 0 aliphatic rings. The van der Waals surface area contributed by atoms with Gasteiger partial charge in [-0.3, -0.25) is 4.99 Å². The first kappa shape index (κ1) is 10.1. The van der Waals surface area contributed by atoms with Crippen molar-refractivity contribution in [3.63, 3.8) is 0 Å². The number of hydrogen-bond donors (Lipinski definition) is 1. The number of carboxylic acids is 1. The van der Waals surface area contributed by atoms with Gasteiger partial charge in [0.1, 0.15) is 6.29 Å². The first-order valence-electron chi connectivity index (χ1n) is 4.03. The van der Waals surface area contributed by atoms with Gasteiger partial charge in [0.25, 0.3) is 0 Å². The molecule has 72 valence electrons. The van der Waals surface area contributed by atoms with Crippen LogP contribution >= 0.6 is 0 Å². The van der Waals surface area contributed by atoms with E-state index in [-0.39, 0.29) is 12.0 Å². The van der Waals surface area contributed by atoms with Gasteiger partial charge in [-0.1, -0.05) is 0 Å². The molecule has 0 unspecified atom stereocenters. The third-order valence-corrected chi connectivity index (χ3v) is 1.56. The summed E-state index contributed by atoms with van der Waals surface area (Å²) in [6.45, 7) is 0. The number of nitrogens with zero attached hydrogens (tertiary/aromatic N) is 1. The number of carbonyl (C=O) groups is 2. The van der Waals surface area contributed by atoms with Crippen LogP contribution in [0.15, 0.2) is 29.3 Å². The predicted molar refractivity (Wildman–Crippen MR) is 52.2 cm³/mol. The van der Waals surface area contributed by atoms with Crippen LogP contribution in [-0.2, 0) is 4.79 Å². The maximum absolute atomic E-state index is 10.5. The van der Waals surface area contributed by atoms with Gasteiger partial charge in [-0.2, -0.15) is 0 Å². The van der Waals surface area contributed by atoms with Crippen molar-refractivity contribution in [3.8, 4) is 0 Å². The van der Waals surface area contributed by atoms with Crippen molar-refractivity contribution in [2.24, 2.45) is 4.99 Å². The van der Waals surface area contributed by atoms with Crippen molar-refractivity contribution in [2.75, 3.05) is 0 Å². The number of benzene rings is 1. The zero-order valence-electron chi connectivity index (χ0n) is 7.38. The van der Waals surface area contributed by atoms with Crippen LogP contribution in [0.2, 0.25) is 0 Å². The highest BCUT2D eigenvalue weighted by atomic mass is 16.4. The van der Waals surface area contributed by atoms with E-state index in [0.29, 0.717) is 5.69 Å². The lowest BCUT2D eigenvalue weighted by Gasteiger charge is -1.94. The SMILES string of the molecule is O=CCC=Nc1ccc(C(=O)O)cc1. The molecule has 4 nitrogen and oxygen atoms in total. The number of aldehydes is 1. The summed E-state index contributed by atoms with van der Waals surface area (Å²) in [7, 11) is 0. The van der Waals surface area contributed by atoms with Crippen molar-refractivity contribution in [1.82, 2.24) is 0 Å². The second-order valence-corrected chi connectivity index (χ2v) is 2.57. The highest BCUT2D eigenvalue weighted by Crippen LogP contribution is 2.12. The van der Waals surface area contributed by atoms with Crippen LogP contribution in [0.1, 0.15) is 16.8 Å². The molecular weight excluding hydrogens is 182 g/mol. The van der Waals surface area contributed by atoms with Gasteiger partial charge in [0, 0.05) is 12.6 Å². The minimum Gasteiger partial charge on any atom is -0.478 e. The summed E-state index contributed by atoms with van der Waals surface area (Å²) in [5, 5.41) is 8.61. The summed E-state index contributed by atoms with van der Waals surface area (Å²) in [5.74, 6) is -0.964. The fraction of sp³-hybridized carbons (Fsp3) is 0.100. The van der Waals surface area contributed by atoms with Crippen LogP contribution in [0.5, 0.6) is 0 Å². The summed E-state index contributed by atoms with van der Waals surface area (Å²) in [5.41, 5.74) is 0.858. The van der Waals surface area contributed by atoms with E-state index in [4.69, 9.17) is 5.11 Å². The van der Waals surface area contributed by atoms with Crippen LogP contribution in [0, 0.1) is 0 Å². The van der Waals surface area contributed by atoms with Gasteiger partial charge in [-0.15, -0.1) is 0 Å². The fourth-order valence-corrected chi connectivity index (χ4v) is 0.891. The quantitative estimate of drug-likeness (QED) is 0.581. The maximum atomic E-state index is 10.5. The van der Waals surface area contributed by atoms with E-state index in [1.807, 2.05) is 0 Å². The van der Waals surface area contributed by atoms with Gasteiger partial charge >= 0.3 is 5.97 Å². The van der Waals surface area contributed by atoms with Crippen molar-refractivity contribution in [2.45, 2.75) is 6.42 Å². The maximum Gasteiger partial charge on any atom is 0.335 e. The van der Waals surface area contributed by atoms with Crippen molar-refractivity contribution >= 4 is 24.2 Å². The van der Waals surface area contributed by atoms with E-state index in [2.05, 4.69) is 4.99 Å². The van der Waals surface area contributed by atoms with Gasteiger partial charge in [0.15, 0.2) is 0 Å². The van der Waals surface area contributed by atoms with E-state index >= 15 is 0 Å². The molecule has 0 amide bonds. The number of carboxylic acid groups (broad SMARTS) is 1. The minimum absolute atomic E-state index is 0.222. The van der Waals surface area contributed by atoms with E-state index in [9.17, 15) is 9.59 Å². The molecule has 1 rings (SSSR count). The lowest BCUT2D eigenvalue weighted by molar-refractivity contribution is -0.106. The molecule has 0 atom stereocenters. The topological polar surface area (TPSA) is 66.7 Å². The third-order valence-electron chi connectivity index (χ3n) is 1.56. The Hall–Kier alpha value is -1.97. The Morgan fingerprint density at radius 3 is 2.50 bits per heavy atom. The number of aromatic carboxylic acids is 1. The van der Waals surface area contributed by atoms with Crippen LogP contribution in [0.4, 0.5) is 5.69 Å². The molecule has 0 saturated heterocycles. The van der Waals surface area contributed by atoms with Gasteiger partial charge in [0.2, 0.25) is 0 Å². The molecule has 14 heavy (non-hydrogen) atoms. The summed E-state index contributed by atoms with van der Waals surface area (Å²) >= 11 is 0. The molecule has 0 aromatic heterocycles. The molecular formula is C10H9NO3. The molecule has 0 spiro atoms. The molecule has 0 aliphatic carbocycles. The summed E-state index contributed by atoms with van der Waals surface area (Å²) in [6.07, 6.45) is 2.48. The molecule has 4 heteroatoms. The zero-order valence-corrected chi connectivity index (χ0v) is 7.38. The first-order valence-corrected chi connectivity index (χ1v) is 4.03. The summed E-state index contributed by atoms with van der Waals surface area (Å²) < 4.78 is 0. The highest BCUT2D eigenvalue weighted by molar-refractivity contribution is 5.88.